The molecule has 0 atom stereocenters. The van der Waals surface area contributed by atoms with Gasteiger partial charge in [-0.05, 0) is 51.2 Å². The van der Waals surface area contributed by atoms with E-state index in [1.807, 2.05) is 24.4 Å². The highest BCUT2D eigenvalue weighted by Crippen LogP contribution is 2.40. The highest BCUT2D eigenvalue weighted by molar-refractivity contribution is 7.13. The number of pyridine rings is 1. The number of hydrogen-bond acceptors (Lipinski definition) is 8. The fourth-order valence-corrected chi connectivity index (χ4v) is 5.99. The fraction of sp³-hybridized carbons (Fsp3) is 0.484. The zero-order chi connectivity index (χ0) is 32.2. The summed E-state index contributed by atoms with van der Waals surface area (Å²) in [6.45, 7) is 3.47. The van der Waals surface area contributed by atoms with Crippen molar-refractivity contribution in [3.8, 4) is 11.6 Å². The van der Waals surface area contributed by atoms with E-state index in [4.69, 9.17) is 9.47 Å². The summed E-state index contributed by atoms with van der Waals surface area (Å²) in [6.07, 6.45) is 1.19. The largest absolute Gasteiger partial charge is 0.465 e. The van der Waals surface area contributed by atoms with Gasteiger partial charge < -0.3 is 19.3 Å². The Balaban J connectivity index is 1.66. The van der Waals surface area contributed by atoms with Gasteiger partial charge in [0.2, 0.25) is 11.8 Å². The molecule has 1 aliphatic rings. The molecular weight excluding hydrogens is 600 g/mol. The number of carbonyl (C=O) groups excluding carboxylic acids is 2. The first-order valence-electron chi connectivity index (χ1n) is 14.4. The van der Waals surface area contributed by atoms with Crippen LogP contribution in [0.2, 0.25) is 0 Å². The maximum atomic E-state index is 15.6. The van der Waals surface area contributed by atoms with Crippen molar-refractivity contribution in [3.63, 3.8) is 0 Å². The molecule has 0 unspecified atom stereocenters. The second-order valence-electron chi connectivity index (χ2n) is 11.2. The molecule has 2 heterocycles. The Bertz CT molecular complexity index is 1490. The van der Waals surface area contributed by atoms with Gasteiger partial charge in [-0.15, -0.1) is 11.3 Å². The average molecular weight is 637 g/mol. The lowest BCUT2D eigenvalue weighted by atomic mass is 9.87. The Morgan fingerprint density at radius 3 is 2.39 bits per heavy atom. The van der Waals surface area contributed by atoms with E-state index in [1.165, 1.54) is 22.4 Å². The number of hydrogen-bond donors (Lipinski definition) is 0. The zero-order valence-electron chi connectivity index (χ0n) is 25.3. The standard InChI is InChI=1S/C31H36F4N4O4S/c1-18(2)39(28(40)20-9-7-6-8-10-20)25-15-24(32)26(14-22(25)29(41)42-5)43-27-23(31(33,34)35)13-19(16-36-27)11-12-21-17-44-30(37-21)38(3)4/h13-18,20H,6-12H2,1-5H3. The molecule has 4 rings (SSSR count). The number of nitrogens with zero attached hydrogens (tertiary/aromatic N) is 4. The summed E-state index contributed by atoms with van der Waals surface area (Å²) in [5, 5.41) is 2.63. The van der Waals surface area contributed by atoms with Crippen LogP contribution < -0.4 is 14.5 Å². The molecule has 1 fully saturated rings. The minimum atomic E-state index is -4.86. The van der Waals surface area contributed by atoms with E-state index in [1.54, 1.807) is 13.8 Å². The van der Waals surface area contributed by atoms with Gasteiger partial charge in [0.25, 0.3) is 0 Å². The summed E-state index contributed by atoms with van der Waals surface area (Å²) in [7, 11) is 4.82. The zero-order valence-corrected chi connectivity index (χ0v) is 26.1. The molecule has 2 aromatic heterocycles. The Morgan fingerprint density at radius 2 is 1.80 bits per heavy atom. The minimum absolute atomic E-state index is 0.0360. The third-order valence-electron chi connectivity index (χ3n) is 7.44. The van der Waals surface area contributed by atoms with Gasteiger partial charge in [-0.1, -0.05) is 19.3 Å². The highest BCUT2D eigenvalue weighted by Gasteiger charge is 2.37. The number of esters is 1. The van der Waals surface area contributed by atoms with Crippen molar-refractivity contribution in [3.05, 3.63) is 58.0 Å². The lowest BCUT2D eigenvalue weighted by Gasteiger charge is -2.33. The summed E-state index contributed by atoms with van der Waals surface area (Å²) < 4.78 is 68.2. The van der Waals surface area contributed by atoms with Crippen LogP contribution in [0.5, 0.6) is 11.6 Å². The van der Waals surface area contributed by atoms with Gasteiger partial charge in [-0.2, -0.15) is 13.2 Å². The molecule has 0 saturated heterocycles. The highest BCUT2D eigenvalue weighted by atomic mass is 32.1. The van der Waals surface area contributed by atoms with E-state index in [9.17, 15) is 22.8 Å². The summed E-state index contributed by atoms with van der Waals surface area (Å²) in [5.41, 5.74) is -0.411. The summed E-state index contributed by atoms with van der Waals surface area (Å²) >= 11 is 1.43. The van der Waals surface area contributed by atoms with Crippen LogP contribution in [-0.2, 0) is 28.5 Å². The van der Waals surface area contributed by atoms with Crippen LogP contribution in [0.15, 0.2) is 29.8 Å². The summed E-state index contributed by atoms with van der Waals surface area (Å²) in [6, 6.07) is 2.36. The first kappa shape index (κ1) is 33.2. The second kappa shape index (κ2) is 13.9. The molecule has 0 N–H and O–H groups in total. The number of methoxy groups -OCH3 is 1. The number of aromatic nitrogens is 2. The smallest absolute Gasteiger partial charge is 0.421 e. The molecule has 13 heteroatoms. The number of thiazole rings is 1. The number of rotatable bonds is 10. The molecule has 3 aromatic rings. The number of amides is 1. The van der Waals surface area contributed by atoms with Crippen molar-refractivity contribution < 1.29 is 36.6 Å². The molecule has 1 amide bonds. The van der Waals surface area contributed by atoms with Crippen LogP contribution in [0.25, 0.3) is 0 Å². The van der Waals surface area contributed by atoms with E-state index in [2.05, 4.69) is 9.97 Å². The van der Waals surface area contributed by atoms with Crippen molar-refractivity contribution in [2.75, 3.05) is 31.0 Å². The maximum Gasteiger partial charge on any atom is 0.421 e. The normalized spacial score (nSPS) is 14.0. The van der Waals surface area contributed by atoms with Gasteiger partial charge in [0.05, 0.1) is 24.1 Å². The van der Waals surface area contributed by atoms with E-state index in [0.29, 0.717) is 24.8 Å². The van der Waals surface area contributed by atoms with Gasteiger partial charge in [0, 0.05) is 49.8 Å². The molecule has 1 saturated carbocycles. The molecule has 0 spiro atoms. The Hall–Kier alpha value is -3.74. The van der Waals surface area contributed by atoms with Gasteiger partial charge in [0.15, 0.2) is 16.7 Å². The van der Waals surface area contributed by atoms with Crippen molar-refractivity contribution in [2.45, 2.75) is 71.0 Å². The first-order valence-corrected chi connectivity index (χ1v) is 15.3. The van der Waals surface area contributed by atoms with Gasteiger partial charge in [-0.3, -0.25) is 4.79 Å². The van der Waals surface area contributed by atoms with E-state index >= 15 is 4.39 Å². The number of carbonyl (C=O) groups is 2. The number of aryl methyl sites for hydroxylation is 2. The van der Waals surface area contributed by atoms with Crippen molar-refractivity contribution in [1.29, 1.82) is 0 Å². The average Bonchev–Trinajstić information content (AvgIpc) is 3.47. The van der Waals surface area contributed by atoms with Gasteiger partial charge in [0.1, 0.15) is 5.56 Å². The summed E-state index contributed by atoms with van der Waals surface area (Å²) in [4.78, 5) is 37.9. The van der Waals surface area contributed by atoms with Crippen LogP contribution in [-0.4, -0.2) is 49.1 Å². The van der Waals surface area contributed by atoms with Crippen molar-refractivity contribution in [2.24, 2.45) is 5.92 Å². The van der Waals surface area contributed by atoms with Gasteiger partial charge in [-0.25, -0.2) is 19.2 Å². The molecule has 1 aromatic carbocycles. The fourth-order valence-electron chi connectivity index (χ4n) is 5.20. The quantitative estimate of drug-likeness (QED) is 0.169. The lowest BCUT2D eigenvalue weighted by molar-refractivity contribution is -0.139. The molecule has 0 aliphatic heterocycles. The van der Waals surface area contributed by atoms with Crippen molar-refractivity contribution >= 4 is 34.0 Å². The number of ether oxygens (including phenoxy) is 2. The number of anilines is 2. The number of benzene rings is 1. The van der Waals surface area contributed by atoms with Crippen LogP contribution in [0.3, 0.4) is 0 Å². The number of alkyl halides is 3. The summed E-state index contributed by atoms with van der Waals surface area (Å²) in [5.74, 6) is -4.01. The first-order chi connectivity index (χ1) is 20.8. The van der Waals surface area contributed by atoms with E-state index in [-0.39, 0.29) is 29.5 Å². The van der Waals surface area contributed by atoms with Crippen LogP contribution >= 0.6 is 11.3 Å². The van der Waals surface area contributed by atoms with Crippen LogP contribution in [0, 0.1) is 11.7 Å². The number of halogens is 4. The van der Waals surface area contributed by atoms with E-state index < -0.39 is 41.2 Å². The molecular formula is C31H36F4N4O4S. The molecule has 8 nitrogen and oxygen atoms in total. The SMILES string of the molecule is COC(=O)c1cc(Oc2ncc(CCc3csc(N(C)C)n3)cc2C(F)(F)F)c(F)cc1N(C(=O)C1CCCCC1)C(C)C. The molecule has 1 aliphatic carbocycles. The molecule has 238 valence electrons. The Morgan fingerprint density at radius 1 is 1.09 bits per heavy atom. The minimum Gasteiger partial charge on any atom is -0.465 e. The molecule has 0 bridgehead atoms. The predicted molar refractivity (Wildman–Crippen MR) is 160 cm³/mol. The molecule has 44 heavy (non-hydrogen) atoms. The van der Waals surface area contributed by atoms with E-state index in [0.717, 1.165) is 55.4 Å². The third kappa shape index (κ3) is 7.66. The van der Waals surface area contributed by atoms with Crippen LogP contribution in [0.1, 0.15) is 73.1 Å². The Kier molecular flexibility index (Phi) is 10.5. The van der Waals surface area contributed by atoms with Gasteiger partial charge >= 0.3 is 12.1 Å². The topological polar surface area (TPSA) is 84.9 Å². The van der Waals surface area contributed by atoms with Crippen LogP contribution in [0.4, 0.5) is 28.4 Å². The lowest BCUT2D eigenvalue weighted by Crippen LogP contribution is -2.42. The monoisotopic (exact) mass is 636 g/mol. The predicted octanol–water partition coefficient (Wildman–Crippen LogP) is 7.45. The van der Waals surface area contributed by atoms with Crippen molar-refractivity contribution in [1.82, 2.24) is 9.97 Å². The third-order valence-corrected chi connectivity index (χ3v) is 8.49. The maximum absolute atomic E-state index is 15.6. The second-order valence-corrected chi connectivity index (χ2v) is 12.1. The Labute approximate surface area is 258 Å². The molecule has 0 radical (unpaired) electrons.